The smallest absolute Gasteiger partial charge is 0.228 e. The van der Waals surface area contributed by atoms with E-state index < -0.39 is 0 Å². The van der Waals surface area contributed by atoms with Crippen LogP contribution >= 0.6 is 0 Å². The second kappa shape index (κ2) is 8.79. The molecule has 5 heteroatoms. The summed E-state index contributed by atoms with van der Waals surface area (Å²) in [7, 11) is 0. The molecule has 0 unspecified atom stereocenters. The highest BCUT2D eigenvalue weighted by atomic mass is 16.5. The highest BCUT2D eigenvalue weighted by molar-refractivity contribution is 5.96. The fraction of sp³-hybridized carbons (Fsp3) is 0.476. The number of benzene rings is 1. The summed E-state index contributed by atoms with van der Waals surface area (Å²) in [5, 5.41) is 0. The summed E-state index contributed by atoms with van der Waals surface area (Å²) < 4.78 is 6.14. The van der Waals surface area contributed by atoms with Crippen LogP contribution in [0.5, 0.6) is 5.75 Å². The number of hydrogen-bond donors (Lipinski definition) is 0. The maximum absolute atomic E-state index is 12.2. The van der Waals surface area contributed by atoms with Crippen molar-refractivity contribution >= 4 is 17.3 Å². The Labute approximate surface area is 157 Å². The molecule has 0 N–H and O–H groups in total. The molecule has 0 atom stereocenters. The van der Waals surface area contributed by atoms with Gasteiger partial charge < -0.3 is 14.5 Å². The van der Waals surface area contributed by atoms with E-state index in [-0.39, 0.29) is 5.91 Å². The predicted octanol–water partition coefficient (Wildman–Crippen LogP) is 4.37. The third-order valence-electron chi connectivity index (χ3n) is 4.77. The molecule has 0 saturated carbocycles. The van der Waals surface area contributed by atoms with Gasteiger partial charge in [-0.15, -0.1) is 0 Å². The zero-order valence-electron chi connectivity index (χ0n) is 16.9. The van der Waals surface area contributed by atoms with Crippen molar-refractivity contribution < 1.29 is 9.53 Å². The summed E-state index contributed by atoms with van der Waals surface area (Å²) in [6, 6.07) is 6.02. The molecule has 26 heavy (non-hydrogen) atoms. The number of amides is 1. The summed E-state index contributed by atoms with van der Waals surface area (Å²) in [6.07, 6.45) is 3.77. The van der Waals surface area contributed by atoms with E-state index in [4.69, 9.17) is 4.74 Å². The molecule has 142 valence electrons. The largest absolute Gasteiger partial charge is 0.453 e. The highest BCUT2D eigenvalue weighted by Crippen LogP contribution is 2.38. The van der Waals surface area contributed by atoms with Gasteiger partial charge in [0, 0.05) is 56.6 Å². The van der Waals surface area contributed by atoms with E-state index in [2.05, 4.69) is 44.4 Å². The monoisotopic (exact) mass is 357 g/mol. The standard InChI is InChI=1S/C21H31N3O2/c1-7-22(8-2)16(5)13-19-15-24(17(6)25)20-12-11-18(14-21(20)26-19)23(9-3)10-4/h11-15H,7-10H2,1-6H3/b16-13+. The van der Waals surface area contributed by atoms with Crippen LogP contribution in [0.25, 0.3) is 0 Å². The molecule has 0 aromatic heterocycles. The fourth-order valence-electron chi connectivity index (χ4n) is 3.27. The molecular weight excluding hydrogens is 326 g/mol. The average Bonchev–Trinajstić information content (AvgIpc) is 2.62. The lowest BCUT2D eigenvalue weighted by Crippen LogP contribution is -2.28. The SMILES string of the molecule is CCN(CC)/C(C)=C/C1=CN(C(C)=O)c2ccc(N(CC)CC)cc2O1. The number of carbonyl (C=O) groups excluding carboxylic acids is 1. The number of allylic oxidation sites excluding steroid dienone is 2. The summed E-state index contributed by atoms with van der Waals surface area (Å²) in [4.78, 5) is 18.3. The van der Waals surface area contributed by atoms with E-state index in [0.29, 0.717) is 11.5 Å². The van der Waals surface area contributed by atoms with Crippen LogP contribution in [0.1, 0.15) is 41.5 Å². The van der Waals surface area contributed by atoms with Crippen molar-refractivity contribution in [3.63, 3.8) is 0 Å². The lowest BCUT2D eigenvalue weighted by Gasteiger charge is -2.29. The maximum atomic E-state index is 12.2. The van der Waals surface area contributed by atoms with Crippen LogP contribution < -0.4 is 14.5 Å². The number of ether oxygens (including phenoxy) is 1. The summed E-state index contributed by atoms with van der Waals surface area (Å²) in [5.74, 6) is 1.36. The molecule has 0 saturated heterocycles. The van der Waals surface area contributed by atoms with Gasteiger partial charge in [0.1, 0.15) is 5.76 Å². The normalized spacial score (nSPS) is 13.7. The Balaban J connectivity index is 2.42. The summed E-state index contributed by atoms with van der Waals surface area (Å²) in [6.45, 7) is 15.9. The van der Waals surface area contributed by atoms with E-state index >= 15 is 0 Å². The second-order valence-corrected chi connectivity index (χ2v) is 6.30. The van der Waals surface area contributed by atoms with Crippen LogP contribution in [0.3, 0.4) is 0 Å². The molecular formula is C21H31N3O2. The molecule has 1 aliphatic rings. The topological polar surface area (TPSA) is 36.0 Å². The van der Waals surface area contributed by atoms with Gasteiger partial charge in [-0.2, -0.15) is 0 Å². The van der Waals surface area contributed by atoms with Crippen LogP contribution in [0.2, 0.25) is 0 Å². The molecule has 0 fully saturated rings. The van der Waals surface area contributed by atoms with Gasteiger partial charge in [-0.1, -0.05) is 0 Å². The first-order chi connectivity index (χ1) is 12.4. The third-order valence-corrected chi connectivity index (χ3v) is 4.77. The van der Waals surface area contributed by atoms with Gasteiger partial charge in [0.2, 0.25) is 5.91 Å². The number of fused-ring (bicyclic) bond motifs is 1. The van der Waals surface area contributed by atoms with Gasteiger partial charge in [-0.3, -0.25) is 9.69 Å². The van der Waals surface area contributed by atoms with Gasteiger partial charge in [0.05, 0.1) is 11.9 Å². The Bertz CT molecular complexity index is 701. The van der Waals surface area contributed by atoms with Crippen LogP contribution in [-0.4, -0.2) is 37.0 Å². The van der Waals surface area contributed by atoms with Gasteiger partial charge in [0.15, 0.2) is 5.75 Å². The molecule has 0 aliphatic carbocycles. The average molecular weight is 357 g/mol. The summed E-state index contributed by atoms with van der Waals surface area (Å²) in [5.41, 5.74) is 3.00. The quantitative estimate of drug-likeness (QED) is 0.726. The minimum absolute atomic E-state index is 0.0310. The Morgan fingerprint density at radius 2 is 1.73 bits per heavy atom. The van der Waals surface area contributed by atoms with Crippen LogP contribution in [-0.2, 0) is 4.79 Å². The van der Waals surface area contributed by atoms with E-state index in [1.165, 1.54) is 0 Å². The van der Waals surface area contributed by atoms with E-state index in [1.807, 2.05) is 24.3 Å². The Hall–Kier alpha value is -2.43. The molecule has 0 spiro atoms. The number of anilines is 2. The van der Waals surface area contributed by atoms with Gasteiger partial charge in [-0.25, -0.2) is 0 Å². The molecule has 5 nitrogen and oxygen atoms in total. The van der Waals surface area contributed by atoms with Crippen LogP contribution in [0.4, 0.5) is 11.4 Å². The van der Waals surface area contributed by atoms with Gasteiger partial charge in [-0.05, 0) is 46.8 Å². The number of hydrogen-bond acceptors (Lipinski definition) is 4. The summed E-state index contributed by atoms with van der Waals surface area (Å²) >= 11 is 0. The number of rotatable bonds is 7. The lowest BCUT2D eigenvalue weighted by molar-refractivity contribution is -0.116. The van der Waals surface area contributed by atoms with E-state index in [1.54, 1.807) is 18.0 Å². The molecule has 1 amide bonds. The molecule has 1 aromatic rings. The van der Waals surface area contributed by atoms with Crippen molar-refractivity contribution in [3.05, 3.63) is 41.9 Å². The minimum atomic E-state index is -0.0310. The maximum Gasteiger partial charge on any atom is 0.228 e. The first kappa shape index (κ1) is 19.9. The molecule has 0 bridgehead atoms. The second-order valence-electron chi connectivity index (χ2n) is 6.30. The number of nitrogens with zero attached hydrogens (tertiary/aromatic N) is 3. The fourth-order valence-corrected chi connectivity index (χ4v) is 3.27. The van der Waals surface area contributed by atoms with Crippen molar-refractivity contribution in [2.75, 3.05) is 36.0 Å². The minimum Gasteiger partial charge on any atom is -0.453 e. The molecule has 0 radical (unpaired) electrons. The zero-order chi connectivity index (χ0) is 19.3. The Morgan fingerprint density at radius 3 is 2.27 bits per heavy atom. The molecule has 2 rings (SSSR count). The molecule has 1 aromatic carbocycles. The van der Waals surface area contributed by atoms with Crippen molar-refractivity contribution in [2.24, 2.45) is 0 Å². The van der Waals surface area contributed by atoms with Crippen molar-refractivity contribution in [2.45, 2.75) is 41.5 Å². The van der Waals surface area contributed by atoms with E-state index in [9.17, 15) is 4.79 Å². The highest BCUT2D eigenvalue weighted by Gasteiger charge is 2.22. The number of carbonyl (C=O) groups is 1. The van der Waals surface area contributed by atoms with E-state index in [0.717, 1.165) is 43.3 Å². The predicted molar refractivity (Wildman–Crippen MR) is 109 cm³/mol. The van der Waals surface area contributed by atoms with Crippen molar-refractivity contribution in [3.8, 4) is 5.75 Å². The van der Waals surface area contributed by atoms with Crippen molar-refractivity contribution in [1.82, 2.24) is 4.90 Å². The lowest BCUT2D eigenvalue weighted by atomic mass is 10.2. The Kier molecular flexibility index (Phi) is 6.72. The third kappa shape index (κ3) is 4.21. The molecule has 1 aliphatic heterocycles. The first-order valence-corrected chi connectivity index (χ1v) is 9.46. The Morgan fingerprint density at radius 1 is 1.08 bits per heavy atom. The van der Waals surface area contributed by atoms with Crippen molar-refractivity contribution in [1.29, 1.82) is 0 Å². The van der Waals surface area contributed by atoms with Crippen LogP contribution in [0.15, 0.2) is 41.9 Å². The van der Waals surface area contributed by atoms with Crippen LogP contribution in [0, 0.1) is 0 Å². The first-order valence-electron chi connectivity index (χ1n) is 9.46. The zero-order valence-corrected chi connectivity index (χ0v) is 16.9. The van der Waals surface area contributed by atoms with Gasteiger partial charge >= 0.3 is 0 Å². The molecule has 1 heterocycles. The van der Waals surface area contributed by atoms with Gasteiger partial charge in [0.25, 0.3) is 0 Å².